The Labute approximate surface area is 117 Å². The molecule has 0 aliphatic heterocycles. The second kappa shape index (κ2) is 5.05. The third kappa shape index (κ3) is 3.28. The number of halogens is 1. The number of anilines is 1. The van der Waals surface area contributed by atoms with Gasteiger partial charge in [-0.1, -0.05) is 6.07 Å². The van der Waals surface area contributed by atoms with E-state index in [4.69, 9.17) is 4.74 Å². The zero-order valence-corrected chi connectivity index (χ0v) is 12.0. The Bertz CT molecular complexity index is 518. The minimum atomic E-state index is -0.618. The van der Waals surface area contributed by atoms with E-state index >= 15 is 0 Å². The number of rotatable bonds is 3. The number of aliphatic hydroxyl groups is 1. The lowest BCUT2D eigenvalue weighted by atomic mass is 9.96. The predicted molar refractivity (Wildman–Crippen MR) is 74.3 cm³/mol. The smallest absolute Gasteiger partial charge is 0.412 e. The van der Waals surface area contributed by atoms with Crippen LogP contribution in [0.5, 0.6) is 0 Å². The first-order valence-corrected chi connectivity index (χ1v) is 6.67. The SMILES string of the molecule is CC(C)(C)OC(=O)Nc1ccc(C2(CO)CC2)c(F)c1. The average Bonchev–Trinajstić information content (AvgIpc) is 3.07. The van der Waals surface area contributed by atoms with Crippen molar-refractivity contribution < 1.29 is 19.0 Å². The van der Waals surface area contributed by atoms with E-state index in [1.165, 1.54) is 6.07 Å². The van der Waals surface area contributed by atoms with Gasteiger partial charge in [0, 0.05) is 11.1 Å². The number of carbonyl (C=O) groups excluding carboxylic acids is 1. The fraction of sp³-hybridized carbons (Fsp3) is 0.533. The van der Waals surface area contributed by atoms with Crippen LogP contribution in [0.3, 0.4) is 0 Å². The lowest BCUT2D eigenvalue weighted by molar-refractivity contribution is 0.0636. The number of amides is 1. The van der Waals surface area contributed by atoms with Gasteiger partial charge in [0.1, 0.15) is 11.4 Å². The lowest BCUT2D eigenvalue weighted by Crippen LogP contribution is -2.27. The van der Waals surface area contributed by atoms with Crippen LogP contribution in [0.25, 0.3) is 0 Å². The molecule has 1 saturated carbocycles. The highest BCUT2D eigenvalue weighted by atomic mass is 19.1. The maximum atomic E-state index is 14.1. The van der Waals surface area contributed by atoms with Gasteiger partial charge in [-0.3, -0.25) is 5.32 Å². The first-order valence-electron chi connectivity index (χ1n) is 6.67. The largest absolute Gasteiger partial charge is 0.444 e. The van der Waals surface area contributed by atoms with Crippen molar-refractivity contribution >= 4 is 11.8 Å². The molecule has 0 unspecified atom stereocenters. The van der Waals surface area contributed by atoms with Crippen molar-refractivity contribution in [1.82, 2.24) is 0 Å². The van der Waals surface area contributed by atoms with E-state index in [0.717, 1.165) is 12.8 Å². The van der Waals surface area contributed by atoms with Gasteiger partial charge in [0.25, 0.3) is 0 Å². The molecule has 0 atom stereocenters. The van der Waals surface area contributed by atoms with E-state index < -0.39 is 22.9 Å². The molecule has 0 bridgehead atoms. The molecule has 1 aromatic rings. The zero-order chi connectivity index (χ0) is 15.0. The van der Waals surface area contributed by atoms with Gasteiger partial charge in [0.05, 0.1) is 6.61 Å². The minimum Gasteiger partial charge on any atom is -0.444 e. The minimum absolute atomic E-state index is 0.0528. The Kier molecular flexibility index (Phi) is 3.73. The van der Waals surface area contributed by atoms with E-state index in [2.05, 4.69) is 5.32 Å². The van der Waals surface area contributed by atoms with Crippen LogP contribution in [0.2, 0.25) is 0 Å². The molecular formula is C15H20FNO3. The molecule has 1 aliphatic carbocycles. The van der Waals surface area contributed by atoms with Crippen LogP contribution < -0.4 is 5.32 Å². The predicted octanol–water partition coefficient (Wildman–Crippen LogP) is 3.20. The van der Waals surface area contributed by atoms with Gasteiger partial charge in [-0.25, -0.2) is 9.18 Å². The summed E-state index contributed by atoms with van der Waals surface area (Å²) >= 11 is 0. The zero-order valence-electron chi connectivity index (χ0n) is 12.0. The first kappa shape index (κ1) is 14.8. The molecule has 20 heavy (non-hydrogen) atoms. The molecule has 5 heteroatoms. The first-order chi connectivity index (χ1) is 9.26. The van der Waals surface area contributed by atoms with E-state index in [0.29, 0.717) is 11.3 Å². The summed E-state index contributed by atoms with van der Waals surface area (Å²) in [6.45, 7) is 5.22. The van der Waals surface area contributed by atoms with Crippen molar-refractivity contribution in [3.63, 3.8) is 0 Å². The van der Waals surface area contributed by atoms with Crippen LogP contribution in [0.15, 0.2) is 18.2 Å². The second-order valence-corrected chi connectivity index (χ2v) is 6.26. The average molecular weight is 281 g/mol. The van der Waals surface area contributed by atoms with Crippen LogP contribution in [-0.4, -0.2) is 23.4 Å². The summed E-state index contributed by atoms with van der Waals surface area (Å²) in [6.07, 6.45) is 0.964. The van der Waals surface area contributed by atoms with Crippen molar-refractivity contribution in [3.8, 4) is 0 Å². The monoisotopic (exact) mass is 281 g/mol. The van der Waals surface area contributed by atoms with Crippen LogP contribution in [0.1, 0.15) is 39.2 Å². The maximum Gasteiger partial charge on any atom is 0.412 e. The summed E-state index contributed by atoms with van der Waals surface area (Å²) in [5, 5.41) is 11.8. The number of hydrogen-bond donors (Lipinski definition) is 2. The number of carbonyl (C=O) groups is 1. The standard InChI is InChI=1S/C15H20FNO3/c1-14(2,3)20-13(19)17-10-4-5-11(12(16)8-10)15(9-18)6-7-15/h4-5,8,18H,6-7,9H2,1-3H3,(H,17,19). The Hall–Kier alpha value is -1.62. The number of benzene rings is 1. The molecule has 1 amide bonds. The topological polar surface area (TPSA) is 58.6 Å². The molecule has 0 radical (unpaired) electrons. The highest BCUT2D eigenvalue weighted by molar-refractivity contribution is 5.84. The Morgan fingerprint density at radius 1 is 1.45 bits per heavy atom. The number of nitrogens with one attached hydrogen (secondary N) is 1. The molecule has 0 spiro atoms. The second-order valence-electron chi connectivity index (χ2n) is 6.26. The molecule has 4 nitrogen and oxygen atoms in total. The van der Waals surface area contributed by atoms with Crippen molar-refractivity contribution in [1.29, 1.82) is 0 Å². The van der Waals surface area contributed by atoms with Crippen LogP contribution in [-0.2, 0) is 10.2 Å². The molecule has 0 saturated heterocycles. The molecule has 0 aromatic heterocycles. The Morgan fingerprint density at radius 2 is 2.10 bits per heavy atom. The van der Waals surface area contributed by atoms with E-state index in [1.807, 2.05) is 0 Å². The van der Waals surface area contributed by atoms with Gasteiger partial charge >= 0.3 is 6.09 Å². The fourth-order valence-corrected chi connectivity index (χ4v) is 2.11. The molecule has 1 aliphatic rings. The van der Waals surface area contributed by atoms with Gasteiger partial charge in [-0.2, -0.15) is 0 Å². The third-order valence-electron chi connectivity index (χ3n) is 3.34. The molecule has 2 rings (SSSR count). The number of aliphatic hydroxyl groups excluding tert-OH is 1. The number of ether oxygens (including phenoxy) is 1. The highest BCUT2D eigenvalue weighted by Crippen LogP contribution is 2.48. The molecule has 1 fully saturated rings. The lowest BCUT2D eigenvalue weighted by Gasteiger charge is -2.20. The fourth-order valence-electron chi connectivity index (χ4n) is 2.11. The van der Waals surface area contributed by atoms with Crippen molar-refractivity contribution in [2.75, 3.05) is 11.9 Å². The molecule has 1 aromatic carbocycles. The molecule has 0 heterocycles. The van der Waals surface area contributed by atoms with Crippen molar-refractivity contribution in [2.24, 2.45) is 0 Å². The highest BCUT2D eigenvalue weighted by Gasteiger charge is 2.45. The maximum absolute atomic E-state index is 14.1. The molecular weight excluding hydrogens is 261 g/mol. The summed E-state index contributed by atoms with van der Waals surface area (Å²) in [5.74, 6) is -0.412. The summed E-state index contributed by atoms with van der Waals surface area (Å²) in [4.78, 5) is 11.6. The molecule has 110 valence electrons. The summed E-state index contributed by atoms with van der Waals surface area (Å²) < 4.78 is 19.2. The summed E-state index contributed by atoms with van der Waals surface area (Å²) in [6, 6.07) is 4.50. The summed E-state index contributed by atoms with van der Waals surface area (Å²) in [5.41, 5.74) is -0.171. The number of hydrogen-bond acceptors (Lipinski definition) is 3. The van der Waals surface area contributed by atoms with Crippen molar-refractivity contribution in [2.45, 2.75) is 44.6 Å². The van der Waals surface area contributed by atoms with Crippen LogP contribution >= 0.6 is 0 Å². The third-order valence-corrected chi connectivity index (χ3v) is 3.34. The van der Waals surface area contributed by atoms with Crippen LogP contribution in [0.4, 0.5) is 14.9 Å². The van der Waals surface area contributed by atoms with Gasteiger partial charge in [0.15, 0.2) is 0 Å². The van der Waals surface area contributed by atoms with Gasteiger partial charge in [0.2, 0.25) is 0 Å². The van der Waals surface area contributed by atoms with E-state index in [9.17, 15) is 14.3 Å². The normalized spacial score (nSPS) is 16.6. The quantitative estimate of drug-likeness (QED) is 0.894. The van der Waals surface area contributed by atoms with Crippen molar-refractivity contribution in [3.05, 3.63) is 29.6 Å². The Morgan fingerprint density at radius 3 is 2.55 bits per heavy atom. The Balaban J connectivity index is 2.08. The van der Waals surface area contributed by atoms with Gasteiger partial charge in [-0.05, 0) is 51.3 Å². The van der Waals surface area contributed by atoms with E-state index in [1.54, 1.807) is 32.9 Å². The van der Waals surface area contributed by atoms with Crippen LogP contribution in [0, 0.1) is 5.82 Å². The van der Waals surface area contributed by atoms with E-state index in [-0.39, 0.29) is 6.61 Å². The van der Waals surface area contributed by atoms with Gasteiger partial charge < -0.3 is 9.84 Å². The van der Waals surface area contributed by atoms with Gasteiger partial charge in [-0.15, -0.1) is 0 Å². The summed E-state index contributed by atoms with van der Waals surface area (Å²) in [7, 11) is 0. The molecule has 2 N–H and O–H groups in total.